The summed E-state index contributed by atoms with van der Waals surface area (Å²) in [5.41, 5.74) is 8.99. The lowest BCUT2D eigenvalue weighted by atomic mass is 10.0. The molecule has 1 nitrogen and oxygen atoms in total. The fraction of sp³-hybridized carbons (Fsp3) is 0.294. The van der Waals surface area contributed by atoms with E-state index in [0.29, 0.717) is 5.25 Å². The number of thioether (sulfide) groups is 1. The summed E-state index contributed by atoms with van der Waals surface area (Å²) in [6.07, 6.45) is 1.09. The highest BCUT2D eigenvalue weighted by Gasteiger charge is 2.17. The van der Waals surface area contributed by atoms with E-state index in [4.69, 9.17) is 5.73 Å². The summed E-state index contributed by atoms with van der Waals surface area (Å²) in [7, 11) is 0. The van der Waals surface area contributed by atoms with Gasteiger partial charge in [0.15, 0.2) is 0 Å². The molecule has 0 radical (unpaired) electrons. The Morgan fingerprint density at radius 2 is 1.53 bits per heavy atom. The van der Waals surface area contributed by atoms with Gasteiger partial charge in [0, 0.05) is 17.0 Å². The molecule has 2 rings (SSSR count). The smallest absolute Gasteiger partial charge is 0.0415 e. The van der Waals surface area contributed by atoms with Crippen LogP contribution in [0.25, 0.3) is 0 Å². The monoisotopic (exact) mass is 271 g/mol. The van der Waals surface area contributed by atoms with Crippen LogP contribution >= 0.6 is 11.8 Å². The van der Waals surface area contributed by atoms with Gasteiger partial charge >= 0.3 is 0 Å². The van der Waals surface area contributed by atoms with Gasteiger partial charge in [-0.1, -0.05) is 67.6 Å². The molecular formula is C17H21NS. The van der Waals surface area contributed by atoms with Gasteiger partial charge in [-0.2, -0.15) is 11.8 Å². The van der Waals surface area contributed by atoms with Gasteiger partial charge < -0.3 is 5.73 Å². The summed E-state index contributed by atoms with van der Waals surface area (Å²) in [5.74, 6) is 1.03. The highest BCUT2D eigenvalue weighted by molar-refractivity contribution is 7.99. The maximum Gasteiger partial charge on any atom is 0.0415 e. The second-order valence-corrected chi connectivity index (χ2v) is 5.91. The van der Waals surface area contributed by atoms with Crippen LogP contribution in [0.5, 0.6) is 0 Å². The summed E-state index contributed by atoms with van der Waals surface area (Å²) in [4.78, 5) is 0. The van der Waals surface area contributed by atoms with Crippen molar-refractivity contribution in [3.8, 4) is 0 Å². The normalized spacial score (nSPS) is 14.0. The lowest BCUT2D eigenvalue weighted by Gasteiger charge is -2.22. The molecule has 0 bridgehead atoms. The number of hydrogen-bond acceptors (Lipinski definition) is 2. The molecule has 2 heteroatoms. The Balaban J connectivity index is 1.97. The quantitative estimate of drug-likeness (QED) is 0.842. The van der Waals surface area contributed by atoms with Gasteiger partial charge in [0.05, 0.1) is 0 Å². The molecule has 0 amide bonds. The van der Waals surface area contributed by atoms with Gasteiger partial charge in [0.2, 0.25) is 0 Å². The van der Waals surface area contributed by atoms with Crippen LogP contribution in [0, 0.1) is 0 Å². The first-order valence-electron chi connectivity index (χ1n) is 6.77. The van der Waals surface area contributed by atoms with Crippen LogP contribution < -0.4 is 5.73 Å². The summed E-state index contributed by atoms with van der Waals surface area (Å²) >= 11 is 1.95. The zero-order valence-corrected chi connectivity index (χ0v) is 12.1. The van der Waals surface area contributed by atoms with Crippen molar-refractivity contribution in [3.05, 3.63) is 71.8 Å². The van der Waals surface area contributed by atoms with Crippen LogP contribution in [-0.4, -0.2) is 5.25 Å². The largest absolute Gasteiger partial charge is 0.323 e. The molecule has 2 aromatic carbocycles. The molecule has 0 saturated carbocycles. The first-order valence-corrected chi connectivity index (χ1v) is 7.82. The Hall–Kier alpha value is -1.25. The zero-order chi connectivity index (χ0) is 13.5. The van der Waals surface area contributed by atoms with Gasteiger partial charge in [0.25, 0.3) is 0 Å². The summed E-state index contributed by atoms with van der Waals surface area (Å²) in [5, 5.41) is 0.461. The molecule has 0 aliphatic heterocycles. The van der Waals surface area contributed by atoms with E-state index in [9.17, 15) is 0 Å². The topological polar surface area (TPSA) is 26.0 Å². The molecule has 100 valence electrons. The molecule has 2 N–H and O–H groups in total. The van der Waals surface area contributed by atoms with Crippen molar-refractivity contribution in [2.75, 3.05) is 0 Å². The van der Waals surface area contributed by atoms with Crippen molar-refractivity contribution >= 4 is 11.8 Å². The highest BCUT2D eigenvalue weighted by atomic mass is 32.2. The van der Waals surface area contributed by atoms with Crippen LogP contribution in [-0.2, 0) is 5.75 Å². The highest BCUT2D eigenvalue weighted by Crippen LogP contribution is 2.29. The minimum absolute atomic E-state index is 0.111. The molecule has 0 aliphatic rings. The third-order valence-corrected chi connectivity index (χ3v) is 4.85. The van der Waals surface area contributed by atoms with Gasteiger partial charge in [0.1, 0.15) is 0 Å². The lowest BCUT2D eigenvalue weighted by Crippen LogP contribution is -2.23. The SMILES string of the molecule is CCC(SCc1ccccc1)C(N)c1ccccc1. The van der Waals surface area contributed by atoms with Crippen LogP contribution in [0.3, 0.4) is 0 Å². The van der Waals surface area contributed by atoms with E-state index in [2.05, 4.69) is 61.5 Å². The van der Waals surface area contributed by atoms with Gasteiger partial charge in [-0.25, -0.2) is 0 Å². The Labute approximate surface area is 120 Å². The second-order valence-electron chi connectivity index (χ2n) is 4.68. The zero-order valence-electron chi connectivity index (χ0n) is 11.3. The standard InChI is InChI=1S/C17H21NS/c1-2-16(17(18)15-11-7-4-8-12-15)19-13-14-9-5-3-6-10-14/h3-12,16-17H,2,13,18H2,1H3. The predicted molar refractivity (Wildman–Crippen MR) is 85.2 cm³/mol. The molecule has 2 aromatic rings. The first kappa shape index (κ1) is 14.2. The van der Waals surface area contributed by atoms with Crippen molar-refractivity contribution in [1.82, 2.24) is 0 Å². The number of hydrogen-bond donors (Lipinski definition) is 1. The van der Waals surface area contributed by atoms with E-state index in [1.807, 2.05) is 17.8 Å². The Morgan fingerprint density at radius 3 is 2.11 bits per heavy atom. The molecule has 0 aliphatic carbocycles. The average molecular weight is 271 g/mol. The molecule has 0 saturated heterocycles. The van der Waals surface area contributed by atoms with E-state index in [1.54, 1.807) is 0 Å². The summed E-state index contributed by atoms with van der Waals surface area (Å²) < 4.78 is 0. The number of benzene rings is 2. The minimum Gasteiger partial charge on any atom is -0.323 e. The average Bonchev–Trinajstić information content (AvgIpc) is 2.49. The third kappa shape index (κ3) is 4.12. The Kier molecular flexibility index (Phi) is 5.49. The van der Waals surface area contributed by atoms with Gasteiger partial charge in [-0.3, -0.25) is 0 Å². The van der Waals surface area contributed by atoms with E-state index in [0.717, 1.165) is 12.2 Å². The van der Waals surface area contributed by atoms with Crippen molar-refractivity contribution in [2.24, 2.45) is 5.73 Å². The summed E-state index contributed by atoms with van der Waals surface area (Å²) in [6.45, 7) is 2.21. The molecule has 0 spiro atoms. The lowest BCUT2D eigenvalue weighted by molar-refractivity contribution is 0.656. The third-order valence-electron chi connectivity index (χ3n) is 3.29. The van der Waals surface area contributed by atoms with Crippen LogP contribution in [0.2, 0.25) is 0 Å². The summed E-state index contributed by atoms with van der Waals surface area (Å²) in [6, 6.07) is 21.1. The molecule has 19 heavy (non-hydrogen) atoms. The van der Waals surface area contributed by atoms with Crippen molar-refractivity contribution in [2.45, 2.75) is 30.4 Å². The Morgan fingerprint density at radius 1 is 0.947 bits per heavy atom. The Bertz CT molecular complexity index is 469. The van der Waals surface area contributed by atoms with Crippen LogP contribution in [0.4, 0.5) is 0 Å². The minimum atomic E-state index is 0.111. The van der Waals surface area contributed by atoms with Gasteiger partial charge in [-0.05, 0) is 17.5 Å². The van der Waals surface area contributed by atoms with E-state index >= 15 is 0 Å². The van der Waals surface area contributed by atoms with Crippen molar-refractivity contribution in [1.29, 1.82) is 0 Å². The first-order chi connectivity index (χ1) is 9.31. The molecule has 2 atom stereocenters. The molecular weight excluding hydrogens is 250 g/mol. The maximum absolute atomic E-state index is 6.39. The predicted octanol–water partition coefficient (Wildman–Crippen LogP) is 4.40. The number of nitrogens with two attached hydrogens (primary N) is 1. The van der Waals surface area contributed by atoms with Crippen molar-refractivity contribution in [3.63, 3.8) is 0 Å². The van der Waals surface area contributed by atoms with E-state index in [-0.39, 0.29) is 6.04 Å². The number of rotatable bonds is 6. The second kappa shape index (κ2) is 7.37. The molecule has 0 fully saturated rings. The fourth-order valence-electron chi connectivity index (χ4n) is 2.14. The fourth-order valence-corrected chi connectivity index (χ4v) is 3.34. The van der Waals surface area contributed by atoms with E-state index < -0.39 is 0 Å². The molecule has 2 unspecified atom stereocenters. The maximum atomic E-state index is 6.39. The van der Waals surface area contributed by atoms with Gasteiger partial charge in [-0.15, -0.1) is 0 Å². The van der Waals surface area contributed by atoms with Crippen LogP contribution in [0.15, 0.2) is 60.7 Å². The molecule has 0 heterocycles. The van der Waals surface area contributed by atoms with E-state index in [1.165, 1.54) is 11.1 Å². The van der Waals surface area contributed by atoms with Crippen molar-refractivity contribution < 1.29 is 0 Å². The van der Waals surface area contributed by atoms with Crippen LogP contribution in [0.1, 0.15) is 30.5 Å². The molecule has 0 aromatic heterocycles.